The number of aryl methyl sites for hydroxylation is 1. The Morgan fingerprint density at radius 3 is 2.09 bits per heavy atom. The summed E-state index contributed by atoms with van der Waals surface area (Å²) in [7, 11) is -1.69. The van der Waals surface area contributed by atoms with E-state index in [1.807, 2.05) is 24.3 Å². The van der Waals surface area contributed by atoms with E-state index in [-0.39, 0.29) is 5.78 Å². The summed E-state index contributed by atoms with van der Waals surface area (Å²) in [5.41, 5.74) is 5.89. The molecule has 2 rings (SSSR count). The molecular weight excluding hydrogens is 296 g/mol. The molecule has 0 spiro atoms. The molecule has 0 unspecified atom stereocenters. The van der Waals surface area contributed by atoms with Gasteiger partial charge in [0.2, 0.25) is 5.78 Å². The second kappa shape index (κ2) is 8.50. The zero-order valence-electron chi connectivity index (χ0n) is 14.0. The molecule has 0 atom stereocenters. The molecule has 0 radical (unpaired) electrons. The van der Waals surface area contributed by atoms with Crippen LogP contribution in [0.3, 0.4) is 0 Å². The first kappa shape index (κ1) is 17.2. The minimum Gasteiger partial charge on any atom is -0.285 e. The van der Waals surface area contributed by atoms with Gasteiger partial charge >= 0.3 is 0 Å². The number of benzene rings is 2. The van der Waals surface area contributed by atoms with Crippen molar-refractivity contribution in [2.45, 2.75) is 38.4 Å². The predicted molar refractivity (Wildman–Crippen MR) is 99.8 cm³/mol. The number of hydrogen-bond donors (Lipinski definition) is 0. The Bertz CT molecular complexity index is 678. The molecule has 0 saturated heterocycles. The highest BCUT2D eigenvalue weighted by Crippen LogP contribution is 2.11. The smallest absolute Gasteiger partial charge is 0.204 e. The van der Waals surface area contributed by atoms with Crippen LogP contribution in [0.1, 0.15) is 24.0 Å². The van der Waals surface area contributed by atoms with E-state index in [9.17, 15) is 4.79 Å². The van der Waals surface area contributed by atoms with Crippen molar-refractivity contribution in [3.8, 4) is 11.5 Å². The van der Waals surface area contributed by atoms with E-state index in [0.29, 0.717) is 6.42 Å². The maximum atomic E-state index is 12.0. The average Bonchev–Trinajstić information content (AvgIpc) is 2.55. The SMILES string of the molecule is C[Si](C)(C#CC(=O)CCCc1ccccc1)Cc1ccccc1. The van der Waals surface area contributed by atoms with Crippen LogP contribution >= 0.6 is 0 Å². The lowest BCUT2D eigenvalue weighted by Crippen LogP contribution is -2.27. The molecule has 0 aliphatic carbocycles. The molecule has 0 aliphatic rings. The fraction of sp³-hybridized carbons (Fsp3) is 0.286. The molecule has 2 aromatic rings. The van der Waals surface area contributed by atoms with E-state index >= 15 is 0 Å². The average molecular weight is 321 g/mol. The zero-order valence-corrected chi connectivity index (χ0v) is 15.0. The van der Waals surface area contributed by atoms with Gasteiger partial charge in [0.05, 0.1) is 0 Å². The first-order chi connectivity index (χ1) is 11.1. The molecule has 0 N–H and O–H groups in total. The fourth-order valence-electron chi connectivity index (χ4n) is 2.55. The molecule has 1 nitrogen and oxygen atoms in total. The Kier molecular flexibility index (Phi) is 6.37. The van der Waals surface area contributed by atoms with Gasteiger partial charge in [-0.1, -0.05) is 73.8 Å². The lowest BCUT2D eigenvalue weighted by atomic mass is 10.1. The van der Waals surface area contributed by atoms with Crippen molar-refractivity contribution in [1.82, 2.24) is 0 Å². The van der Waals surface area contributed by atoms with E-state index < -0.39 is 8.07 Å². The van der Waals surface area contributed by atoms with Crippen molar-refractivity contribution in [3.05, 3.63) is 71.8 Å². The Labute approximate surface area is 140 Å². The second-order valence-electron chi connectivity index (χ2n) is 6.56. The van der Waals surface area contributed by atoms with Gasteiger partial charge in [0.15, 0.2) is 0 Å². The normalized spacial score (nSPS) is 10.7. The topological polar surface area (TPSA) is 17.1 Å². The van der Waals surface area contributed by atoms with Gasteiger partial charge in [-0.2, -0.15) is 0 Å². The van der Waals surface area contributed by atoms with Crippen molar-refractivity contribution in [2.24, 2.45) is 0 Å². The number of rotatable bonds is 6. The summed E-state index contributed by atoms with van der Waals surface area (Å²) < 4.78 is 0. The fourth-order valence-corrected chi connectivity index (χ4v) is 4.37. The first-order valence-corrected chi connectivity index (χ1v) is 11.4. The van der Waals surface area contributed by atoms with E-state index in [0.717, 1.165) is 18.9 Å². The van der Waals surface area contributed by atoms with Crippen molar-refractivity contribution in [1.29, 1.82) is 0 Å². The summed E-state index contributed by atoms with van der Waals surface area (Å²) in [5.74, 6) is 2.98. The van der Waals surface area contributed by atoms with Crippen molar-refractivity contribution < 1.29 is 4.79 Å². The van der Waals surface area contributed by atoms with Gasteiger partial charge in [-0.25, -0.2) is 0 Å². The van der Waals surface area contributed by atoms with E-state index in [1.165, 1.54) is 11.1 Å². The van der Waals surface area contributed by atoms with Gasteiger partial charge in [0.1, 0.15) is 8.07 Å². The predicted octanol–water partition coefficient (Wildman–Crippen LogP) is 4.61. The molecular formula is C21H24OSi. The summed E-state index contributed by atoms with van der Waals surface area (Å²) in [6.07, 6.45) is 2.37. The zero-order chi connectivity index (χ0) is 16.5. The summed E-state index contributed by atoms with van der Waals surface area (Å²) >= 11 is 0. The summed E-state index contributed by atoms with van der Waals surface area (Å²) in [6.45, 7) is 4.45. The van der Waals surface area contributed by atoms with Crippen LogP contribution in [-0.4, -0.2) is 13.9 Å². The molecule has 0 fully saturated rings. The van der Waals surface area contributed by atoms with E-state index in [1.54, 1.807) is 0 Å². The number of Topliss-reactive ketones (excluding diaryl/α,β-unsaturated/α-hetero) is 1. The van der Waals surface area contributed by atoms with Crippen LogP contribution in [0.4, 0.5) is 0 Å². The summed E-state index contributed by atoms with van der Waals surface area (Å²) in [6, 6.07) is 21.7. The molecule has 0 amide bonds. The third kappa shape index (κ3) is 6.67. The van der Waals surface area contributed by atoms with Gasteiger partial charge < -0.3 is 0 Å². The van der Waals surface area contributed by atoms with Crippen LogP contribution < -0.4 is 0 Å². The Balaban J connectivity index is 1.81. The third-order valence-corrected chi connectivity index (χ3v) is 5.84. The van der Waals surface area contributed by atoms with Crippen LogP contribution in [0.15, 0.2) is 60.7 Å². The van der Waals surface area contributed by atoms with E-state index in [4.69, 9.17) is 0 Å². The van der Waals surface area contributed by atoms with E-state index in [2.05, 4.69) is 61.0 Å². The quantitative estimate of drug-likeness (QED) is 0.561. The lowest BCUT2D eigenvalue weighted by molar-refractivity contribution is -0.113. The molecule has 0 heterocycles. The highest BCUT2D eigenvalue weighted by Gasteiger charge is 2.18. The molecule has 0 saturated carbocycles. The summed E-state index contributed by atoms with van der Waals surface area (Å²) in [4.78, 5) is 12.0. The minimum atomic E-state index is -1.69. The molecule has 0 aromatic heterocycles. The standard InChI is InChI=1S/C21H24OSi/c1-23(2,18-20-12-7-4-8-13-20)17-16-21(22)15-9-14-19-10-5-3-6-11-19/h3-8,10-13H,9,14-15,18H2,1-2H3. The van der Waals surface area contributed by atoms with Gasteiger partial charge in [-0.15, -0.1) is 5.54 Å². The minimum absolute atomic E-state index is 0.0783. The lowest BCUT2D eigenvalue weighted by Gasteiger charge is -2.14. The van der Waals surface area contributed by atoms with Crippen LogP contribution in [0.5, 0.6) is 0 Å². The van der Waals surface area contributed by atoms with Crippen LogP contribution in [0, 0.1) is 11.5 Å². The maximum Gasteiger partial charge on any atom is 0.204 e. The Morgan fingerprint density at radius 1 is 0.913 bits per heavy atom. The van der Waals surface area contributed by atoms with Crippen LogP contribution in [0.25, 0.3) is 0 Å². The summed E-state index contributed by atoms with van der Waals surface area (Å²) in [5, 5.41) is 0. The largest absolute Gasteiger partial charge is 0.285 e. The molecule has 2 heteroatoms. The number of hydrogen-bond acceptors (Lipinski definition) is 1. The highest BCUT2D eigenvalue weighted by atomic mass is 28.3. The van der Waals surface area contributed by atoms with Crippen LogP contribution in [0.2, 0.25) is 13.1 Å². The molecule has 0 aliphatic heterocycles. The highest BCUT2D eigenvalue weighted by molar-refractivity contribution is 6.84. The first-order valence-electron chi connectivity index (χ1n) is 8.19. The second-order valence-corrected chi connectivity index (χ2v) is 10.9. The number of carbonyl (C=O) groups excluding carboxylic acids is 1. The number of carbonyl (C=O) groups is 1. The van der Waals surface area contributed by atoms with Crippen molar-refractivity contribution in [3.63, 3.8) is 0 Å². The van der Waals surface area contributed by atoms with Gasteiger partial charge in [-0.3, -0.25) is 4.79 Å². The van der Waals surface area contributed by atoms with Crippen LogP contribution in [-0.2, 0) is 17.3 Å². The molecule has 2 aromatic carbocycles. The Hall–Kier alpha value is -2.11. The molecule has 118 valence electrons. The molecule has 0 bridgehead atoms. The van der Waals surface area contributed by atoms with Crippen molar-refractivity contribution in [2.75, 3.05) is 0 Å². The van der Waals surface area contributed by atoms with Gasteiger partial charge in [0.25, 0.3) is 0 Å². The Morgan fingerprint density at radius 2 is 1.48 bits per heavy atom. The molecule has 23 heavy (non-hydrogen) atoms. The van der Waals surface area contributed by atoms with Gasteiger partial charge in [0, 0.05) is 6.42 Å². The van der Waals surface area contributed by atoms with Crippen molar-refractivity contribution >= 4 is 13.9 Å². The third-order valence-electron chi connectivity index (χ3n) is 3.74. The number of ketones is 1. The monoisotopic (exact) mass is 320 g/mol. The maximum absolute atomic E-state index is 12.0. The van der Waals surface area contributed by atoms with Gasteiger partial charge in [-0.05, 0) is 35.9 Å².